The summed E-state index contributed by atoms with van der Waals surface area (Å²) in [5.74, 6) is 1.56. The van der Waals surface area contributed by atoms with E-state index in [0.717, 1.165) is 37.6 Å². The molecule has 0 aromatic heterocycles. The first kappa shape index (κ1) is 14.7. The Kier molecular flexibility index (Phi) is 3.84. The van der Waals surface area contributed by atoms with Crippen LogP contribution in [0.15, 0.2) is 18.2 Å². The van der Waals surface area contributed by atoms with Crippen molar-refractivity contribution in [1.82, 2.24) is 0 Å². The van der Waals surface area contributed by atoms with Crippen LogP contribution in [-0.2, 0) is 10.2 Å². The van der Waals surface area contributed by atoms with Crippen LogP contribution in [0.4, 0.5) is 0 Å². The quantitative estimate of drug-likeness (QED) is 0.926. The Morgan fingerprint density at radius 3 is 2.33 bits per heavy atom. The summed E-state index contributed by atoms with van der Waals surface area (Å²) in [5, 5.41) is 0. The van der Waals surface area contributed by atoms with Gasteiger partial charge in [0.25, 0.3) is 0 Å². The standard InChI is InChI=1S/C17H25NO3/c1-19-14-4-3-13(9-15(14)20-2)17(12-18)10-16(11-17)5-7-21-8-6-16/h3-4,9H,5-8,10-12,18H2,1-2H3. The van der Waals surface area contributed by atoms with Gasteiger partial charge in [0, 0.05) is 25.2 Å². The normalized spacial score (nSPS) is 22.6. The van der Waals surface area contributed by atoms with Gasteiger partial charge in [-0.05, 0) is 48.8 Å². The molecule has 0 unspecified atom stereocenters. The zero-order valence-electron chi connectivity index (χ0n) is 13.0. The first-order valence-corrected chi connectivity index (χ1v) is 7.67. The van der Waals surface area contributed by atoms with E-state index >= 15 is 0 Å². The molecule has 2 fully saturated rings. The Morgan fingerprint density at radius 2 is 1.76 bits per heavy atom. The predicted octanol–water partition coefficient (Wildman–Crippen LogP) is 2.49. The van der Waals surface area contributed by atoms with Crippen molar-refractivity contribution in [3.8, 4) is 11.5 Å². The summed E-state index contributed by atoms with van der Waals surface area (Å²) in [7, 11) is 3.34. The van der Waals surface area contributed by atoms with Crippen LogP contribution in [0.5, 0.6) is 11.5 Å². The van der Waals surface area contributed by atoms with Crippen LogP contribution in [0, 0.1) is 5.41 Å². The van der Waals surface area contributed by atoms with Crippen molar-refractivity contribution in [3.05, 3.63) is 23.8 Å². The SMILES string of the molecule is COc1ccc(C2(CN)CC3(CCOCC3)C2)cc1OC. The lowest BCUT2D eigenvalue weighted by Gasteiger charge is -2.58. The van der Waals surface area contributed by atoms with E-state index in [1.807, 2.05) is 6.07 Å². The molecular weight excluding hydrogens is 266 g/mol. The van der Waals surface area contributed by atoms with Crippen LogP contribution in [0.25, 0.3) is 0 Å². The minimum absolute atomic E-state index is 0.0941. The Hall–Kier alpha value is -1.26. The zero-order chi connectivity index (χ0) is 14.9. The van der Waals surface area contributed by atoms with Gasteiger partial charge in [-0.3, -0.25) is 0 Å². The minimum Gasteiger partial charge on any atom is -0.493 e. The number of hydrogen-bond donors (Lipinski definition) is 1. The third kappa shape index (κ3) is 2.40. The smallest absolute Gasteiger partial charge is 0.161 e. The third-order valence-electron chi connectivity index (χ3n) is 5.37. The largest absolute Gasteiger partial charge is 0.493 e. The van der Waals surface area contributed by atoms with Crippen molar-refractivity contribution in [2.45, 2.75) is 31.1 Å². The topological polar surface area (TPSA) is 53.7 Å². The van der Waals surface area contributed by atoms with E-state index in [1.165, 1.54) is 18.4 Å². The molecule has 116 valence electrons. The van der Waals surface area contributed by atoms with Crippen molar-refractivity contribution in [2.75, 3.05) is 34.0 Å². The van der Waals surface area contributed by atoms with Gasteiger partial charge in [-0.25, -0.2) is 0 Å². The van der Waals surface area contributed by atoms with E-state index in [-0.39, 0.29) is 5.41 Å². The number of methoxy groups -OCH3 is 2. The number of rotatable bonds is 4. The summed E-state index contributed by atoms with van der Waals surface area (Å²) in [5.41, 5.74) is 7.97. The van der Waals surface area contributed by atoms with Crippen molar-refractivity contribution < 1.29 is 14.2 Å². The maximum absolute atomic E-state index is 6.15. The highest BCUT2D eigenvalue weighted by molar-refractivity contribution is 5.46. The van der Waals surface area contributed by atoms with Gasteiger partial charge in [-0.2, -0.15) is 0 Å². The molecule has 1 saturated carbocycles. The van der Waals surface area contributed by atoms with E-state index < -0.39 is 0 Å². The molecule has 1 aromatic carbocycles. The summed E-state index contributed by atoms with van der Waals surface area (Å²) >= 11 is 0. The molecule has 1 spiro atoms. The molecule has 2 N–H and O–H groups in total. The van der Waals surface area contributed by atoms with Gasteiger partial charge < -0.3 is 19.9 Å². The predicted molar refractivity (Wildman–Crippen MR) is 82.0 cm³/mol. The van der Waals surface area contributed by atoms with Crippen molar-refractivity contribution >= 4 is 0 Å². The average Bonchev–Trinajstić information content (AvgIpc) is 2.52. The molecule has 4 nitrogen and oxygen atoms in total. The Labute approximate surface area is 126 Å². The van der Waals surface area contributed by atoms with Crippen LogP contribution in [0.1, 0.15) is 31.2 Å². The molecule has 1 aromatic rings. The number of hydrogen-bond acceptors (Lipinski definition) is 4. The Bertz CT molecular complexity index is 501. The molecule has 2 aliphatic rings. The minimum atomic E-state index is 0.0941. The van der Waals surface area contributed by atoms with E-state index in [4.69, 9.17) is 19.9 Å². The molecule has 1 heterocycles. The number of ether oxygens (including phenoxy) is 3. The first-order chi connectivity index (χ1) is 10.2. The Morgan fingerprint density at radius 1 is 1.10 bits per heavy atom. The van der Waals surface area contributed by atoms with Gasteiger partial charge in [0.1, 0.15) is 0 Å². The Balaban J connectivity index is 1.84. The summed E-state index contributed by atoms with van der Waals surface area (Å²) < 4.78 is 16.3. The van der Waals surface area contributed by atoms with E-state index in [9.17, 15) is 0 Å². The van der Waals surface area contributed by atoms with Gasteiger partial charge in [0.05, 0.1) is 14.2 Å². The number of benzene rings is 1. The maximum atomic E-state index is 6.15. The highest BCUT2D eigenvalue weighted by atomic mass is 16.5. The molecule has 21 heavy (non-hydrogen) atoms. The van der Waals surface area contributed by atoms with E-state index in [0.29, 0.717) is 12.0 Å². The van der Waals surface area contributed by atoms with Crippen LogP contribution in [-0.4, -0.2) is 34.0 Å². The monoisotopic (exact) mass is 291 g/mol. The lowest BCUT2D eigenvalue weighted by atomic mass is 9.48. The maximum Gasteiger partial charge on any atom is 0.161 e. The summed E-state index contributed by atoms with van der Waals surface area (Å²) in [4.78, 5) is 0. The molecular formula is C17H25NO3. The summed E-state index contributed by atoms with van der Waals surface area (Å²) in [6.45, 7) is 2.48. The molecule has 3 rings (SSSR count). The lowest BCUT2D eigenvalue weighted by molar-refractivity contribution is -0.0715. The fourth-order valence-corrected chi connectivity index (χ4v) is 4.17. The van der Waals surface area contributed by atoms with Crippen molar-refractivity contribution in [2.24, 2.45) is 11.1 Å². The van der Waals surface area contributed by atoms with Crippen molar-refractivity contribution in [3.63, 3.8) is 0 Å². The summed E-state index contributed by atoms with van der Waals surface area (Å²) in [6, 6.07) is 6.22. The molecule has 0 atom stereocenters. The molecule has 1 saturated heterocycles. The molecule has 4 heteroatoms. The van der Waals surface area contributed by atoms with Gasteiger partial charge in [-0.1, -0.05) is 6.07 Å². The van der Waals surface area contributed by atoms with E-state index in [2.05, 4.69) is 12.1 Å². The number of nitrogens with two attached hydrogens (primary N) is 1. The average molecular weight is 291 g/mol. The van der Waals surface area contributed by atoms with Gasteiger partial charge in [0.15, 0.2) is 11.5 Å². The second-order valence-electron chi connectivity index (χ2n) is 6.52. The summed E-state index contributed by atoms with van der Waals surface area (Å²) in [6.07, 6.45) is 4.66. The molecule has 0 amide bonds. The zero-order valence-corrected chi connectivity index (χ0v) is 13.0. The third-order valence-corrected chi connectivity index (χ3v) is 5.37. The van der Waals surface area contributed by atoms with Crippen molar-refractivity contribution in [1.29, 1.82) is 0 Å². The fraction of sp³-hybridized carbons (Fsp3) is 0.647. The van der Waals surface area contributed by atoms with Crippen LogP contribution < -0.4 is 15.2 Å². The second kappa shape index (κ2) is 5.50. The van der Waals surface area contributed by atoms with Gasteiger partial charge >= 0.3 is 0 Å². The molecule has 1 aliphatic heterocycles. The fourth-order valence-electron chi connectivity index (χ4n) is 4.17. The van der Waals surface area contributed by atoms with Crippen LogP contribution in [0.2, 0.25) is 0 Å². The van der Waals surface area contributed by atoms with Gasteiger partial charge in [0.2, 0.25) is 0 Å². The highest BCUT2D eigenvalue weighted by Crippen LogP contribution is 2.60. The molecule has 0 bridgehead atoms. The molecule has 1 aliphatic carbocycles. The van der Waals surface area contributed by atoms with Crippen LogP contribution >= 0.6 is 0 Å². The van der Waals surface area contributed by atoms with E-state index in [1.54, 1.807) is 14.2 Å². The van der Waals surface area contributed by atoms with Gasteiger partial charge in [-0.15, -0.1) is 0 Å². The lowest BCUT2D eigenvalue weighted by Crippen LogP contribution is -2.55. The highest BCUT2D eigenvalue weighted by Gasteiger charge is 2.54. The first-order valence-electron chi connectivity index (χ1n) is 7.67. The van der Waals surface area contributed by atoms with Crippen LogP contribution in [0.3, 0.4) is 0 Å². The molecule has 0 radical (unpaired) electrons. The second-order valence-corrected chi connectivity index (χ2v) is 6.52.